The maximum atomic E-state index is 13.0. The highest BCUT2D eigenvalue weighted by atomic mass is 32.1. The van der Waals surface area contributed by atoms with Crippen LogP contribution in [0.5, 0.6) is 0 Å². The second-order valence-corrected chi connectivity index (χ2v) is 9.15. The van der Waals surface area contributed by atoms with E-state index in [1.807, 2.05) is 23.8 Å². The van der Waals surface area contributed by atoms with E-state index < -0.39 is 17.7 Å². The topological polar surface area (TPSA) is 71.3 Å². The van der Waals surface area contributed by atoms with E-state index in [1.165, 1.54) is 35.6 Å². The second kappa shape index (κ2) is 9.34. The van der Waals surface area contributed by atoms with Crippen LogP contribution in [0.3, 0.4) is 0 Å². The Kier molecular flexibility index (Phi) is 6.47. The van der Waals surface area contributed by atoms with Crippen molar-refractivity contribution in [3.05, 3.63) is 93.5 Å². The summed E-state index contributed by atoms with van der Waals surface area (Å²) in [6, 6.07) is 13.4. The standard InChI is InChI=1S/C25H21F3N2O3S/c1-15-21(23(31)29-12-10-16-2-6-18(7-3-16)24(32)33)22-20(34-15)11-13-30(22)14-17-4-8-19(9-5-17)25(26,27)28/h2-9,11,13H,10,12,14H2,1H3,(H,29,31)(H,32,33). The van der Waals surface area contributed by atoms with Gasteiger partial charge in [0, 0.05) is 24.2 Å². The van der Waals surface area contributed by atoms with Gasteiger partial charge in [0.1, 0.15) is 0 Å². The Morgan fingerprint density at radius 2 is 1.65 bits per heavy atom. The van der Waals surface area contributed by atoms with Crippen molar-refractivity contribution in [3.63, 3.8) is 0 Å². The van der Waals surface area contributed by atoms with E-state index in [9.17, 15) is 22.8 Å². The predicted molar refractivity (Wildman–Crippen MR) is 125 cm³/mol. The molecule has 0 spiro atoms. The lowest BCUT2D eigenvalue weighted by atomic mass is 10.1. The summed E-state index contributed by atoms with van der Waals surface area (Å²) in [5.41, 5.74) is 2.42. The Morgan fingerprint density at radius 1 is 1.00 bits per heavy atom. The molecule has 5 nitrogen and oxygen atoms in total. The molecule has 2 aromatic carbocycles. The molecule has 176 valence electrons. The van der Waals surface area contributed by atoms with Crippen molar-refractivity contribution in [1.82, 2.24) is 9.88 Å². The van der Waals surface area contributed by atoms with Crippen molar-refractivity contribution >= 4 is 33.4 Å². The van der Waals surface area contributed by atoms with Gasteiger partial charge in [-0.25, -0.2) is 4.79 Å². The molecule has 1 amide bonds. The third-order valence-corrected chi connectivity index (χ3v) is 6.60. The van der Waals surface area contributed by atoms with E-state index in [-0.39, 0.29) is 11.5 Å². The molecule has 0 unspecified atom stereocenters. The van der Waals surface area contributed by atoms with Crippen LogP contribution in [-0.2, 0) is 19.1 Å². The number of nitrogens with one attached hydrogen (secondary N) is 1. The lowest BCUT2D eigenvalue weighted by molar-refractivity contribution is -0.137. The van der Waals surface area contributed by atoms with Gasteiger partial charge < -0.3 is 15.0 Å². The van der Waals surface area contributed by atoms with E-state index in [0.717, 1.165) is 32.8 Å². The lowest BCUT2D eigenvalue weighted by Crippen LogP contribution is -2.26. The second-order valence-electron chi connectivity index (χ2n) is 7.89. The van der Waals surface area contributed by atoms with Gasteiger partial charge in [0.05, 0.1) is 26.9 Å². The third-order valence-electron chi connectivity index (χ3n) is 5.54. The molecule has 34 heavy (non-hydrogen) atoms. The minimum absolute atomic E-state index is 0.206. The van der Waals surface area contributed by atoms with Gasteiger partial charge in [0.2, 0.25) is 0 Å². The summed E-state index contributed by atoms with van der Waals surface area (Å²) in [4.78, 5) is 24.8. The lowest BCUT2D eigenvalue weighted by Gasteiger charge is -2.11. The molecule has 2 heterocycles. The van der Waals surface area contributed by atoms with E-state index in [4.69, 9.17) is 5.11 Å². The molecule has 0 saturated heterocycles. The van der Waals surface area contributed by atoms with E-state index in [1.54, 1.807) is 12.1 Å². The summed E-state index contributed by atoms with van der Waals surface area (Å²) in [6.07, 6.45) is -2.00. The van der Waals surface area contributed by atoms with Gasteiger partial charge in [-0.15, -0.1) is 11.3 Å². The Bertz CT molecular complexity index is 1340. The fourth-order valence-corrected chi connectivity index (χ4v) is 4.87. The third kappa shape index (κ3) is 4.99. The zero-order valence-electron chi connectivity index (χ0n) is 18.1. The highest BCUT2D eigenvalue weighted by Gasteiger charge is 2.30. The number of carbonyl (C=O) groups excluding carboxylic acids is 1. The molecular weight excluding hydrogens is 465 g/mol. The molecule has 0 bridgehead atoms. The number of aromatic carboxylic acids is 1. The summed E-state index contributed by atoms with van der Waals surface area (Å²) in [5.74, 6) is -1.21. The summed E-state index contributed by atoms with van der Waals surface area (Å²) in [7, 11) is 0. The number of hydrogen-bond acceptors (Lipinski definition) is 3. The van der Waals surface area contributed by atoms with Crippen molar-refractivity contribution in [2.24, 2.45) is 0 Å². The number of aromatic nitrogens is 1. The molecule has 4 aromatic rings. The number of fused-ring (bicyclic) bond motifs is 1. The van der Waals surface area contributed by atoms with Gasteiger partial charge in [-0.3, -0.25) is 4.79 Å². The number of carboxylic acids is 1. The first-order chi connectivity index (χ1) is 16.1. The van der Waals surface area contributed by atoms with E-state index in [2.05, 4.69) is 5.32 Å². The molecule has 9 heteroatoms. The molecule has 2 aromatic heterocycles. The molecule has 0 atom stereocenters. The number of halogens is 3. The van der Waals surface area contributed by atoms with Gasteiger partial charge >= 0.3 is 12.1 Å². The predicted octanol–water partition coefficient (Wildman–Crippen LogP) is 5.75. The molecule has 0 fully saturated rings. The molecule has 0 saturated carbocycles. The molecule has 4 rings (SSSR count). The number of amides is 1. The molecular formula is C25H21F3N2O3S. The minimum Gasteiger partial charge on any atom is -0.478 e. The summed E-state index contributed by atoms with van der Waals surface area (Å²) in [5, 5.41) is 11.9. The fraction of sp³-hybridized carbons (Fsp3) is 0.200. The number of benzene rings is 2. The number of alkyl halides is 3. The van der Waals surface area contributed by atoms with Crippen LogP contribution in [0, 0.1) is 6.92 Å². The van der Waals surface area contributed by atoms with Crippen LogP contribution in [0.1, 0.15) is 42.3 Å². The van der Waals surface area contributed by atoms with Gasteiger partial charge in [-0.2, -0.15) is 13.2 Å². The van der Waals surface area contributed by atoms with Crippen molar-refractivity contribution in [3.8, 4) is 0 Å². The monoisotopic (exact) mass is 486 g/mol. The normalized spacial score (nSPS) is 11.6. The number of aryl methyl sites for hydroxylation is 1. The van der Waals surface area contributed by atoms with Crippen LogP contribution in [0.15, 0.2) is 60.8 Å². The zero-order valence-corrected chi connectivity index (χ0v) is 19.0. The quantitative estimate of drug-likeness (QED) is 0.350. The number of thiophene rings is 1. The Morgan fingerprint density at radius 3 is 2.26 bits per heavy atom. The molecule has 0 aliphatic carbocycles. The van der Waals surface area contributed by atoms with Crippen molar-refractivity contribution in [1.29, 1.82) is 0 Å². The van der Waals surface area contributed by atoms with Crippen molar-refractivity contribution < 1.29 is 27.9 Å². The SMILES string of the molecule is Cc1sc2ccn(Cc3ccc(C(F)(F)F)cc3)c2c1C(=O)NCCc1ccc(C(=O)O)cc1. The summed E-state index contributed by atoms with van der Waals surface area (Å²) in [6.45, 7) is 2.59. The maximum absolute atomic E-state index is 13.0. The van der Waals surface area contributed by atoms with Crippen LogP contribution in [0.2, 0.25) is 0 Å². The van der Waals surface area contributed by atoms with Crippen molar-refractivity contribution in [2.45, 2.75) is 26.1 Å². The molecule has 0 aliphatic heterocycles. The number of rotatable bonds is 7. The van der Waals surface area contributed by atoms with Gasteiger partial charge in [0.25, 0.3) is 5.91 Å². The van der Waals surface area contributed by atoms with Crippen LogP contribution in [-0.4, -0.2) is 28.1 Å². The average Bonchev–Trinajstić information content (AvgIpc) is 3.31. The van der Waals surface area contributed by atoms with Gasteiger partial charge in [-0.05, 0) is 54.8 Å². The zero-order chi connectivity index (χ0) is 24.5. The first-order valence-corrected chi connectivity index (χ1v) is 11.3. The highest BCUT2D eigenvalue weighted by molar-refractivity contribution is 7.19. The molecule has 0 radical (unpaired) electrons. The van der Waals surface area contributed by atoms with Crippen LogP contribution in [0.4, 0.5) is 13.2 Å². The fourth-order valence-electron chi connectivity index (χ4n) is 3.80. The highest BCUT2D eigenvalue weighted by Crippen LogP contribution is 2.33. The smallest absolute Gasteiger partial charge is 0.416 e. The first-order valence-electron chi connectivity index (χ1n) is 10.5. The first kappa shape index (κ1) is 23.6. The maximum Gasteiger partial charge on any atom is 0.416 e. The van der Waals surface area contributed by atoms with Crippen molar-refractivity contribution in [2.75, 3.05) is 6.54 Å². The number of hydrogen-bond donors (Lipinski definition) is 2. The van der Waals surface area contributed by atoms with Crippen LogP contribution in [0.25, 0.3) is 10.2 Å². The van der Waals surface area contributed by atoms with Crippen LogP contribution < -0.4 is 5.32 Å². The Balaban J connectivity index is 1.48. The summed E-state index contributed by atoms with van der Waals surface area (Å²) < 4.78 is 41.3. The average molecular weight is 487 g/mol. The van der Waals surface area contributed by atoms with Crippen LogP contribution >= 0.6 is 11.3 Å². The Labute approximate surface area is 197 Å². The van der Waals surface area contributed by atoms with E-state index in [0.29, 0.717) is 30.6 Å². The number of carboxylic acid groups (broad SMARTS) is 1. The molecule has 2 N–H and O–H groups in total. The van der Waals surface area contributed by atoms with Gasteiger partial charge in [-0.1, -0.05) is 24.3 Å². The number of carbonyl (C=O) groups is 2. The number of nitrogens with zero attached hydrogens (tertiary/aromatic N) is 1. The largest absolute Gasteiger partial charge is 0.478 e. The summed E-state index contributed by atoms with van der Waals surface area (Å²) >= 11 is 1.49. The molecule has 0 aliphatic rings. The van der Waals surface area contributed by atoms with Gasteiger partial charge in [0.15, 0.2) is 0 Å². The minimum atomic E-state index is -4.38. The van der Waals surface area contributed by atoms with E-state index >= 15 is 0 Å². The Hall–Kier alpha value is -3.59.